The van der Waals surface area contributed by atoms with Crippen molar-refractivity contribution in [2.75, 3.05) is 7.05 Å². The molecule has 1 saturated heterocycles. The molecule has 1 saturated carbocycles. The Bertz CT molecular complexity index is 897. The van der Waals surface area contributed by atoms with Crippen molar-refractivity contribution < 1.29 is 9.59 Å². The molecule has 4 rings (SSSR count). The molecule has 1 N–H and O–H groups in total. The topological polar surface area (TPSA) is 62.3 Å². The van der Waals surface area contributed by atoms with Crippen molar-refractivity contribution in [3.63, 3.8) is 0 Å². The van der Waals surface area contributed by atoms with E-state index in [2.05, 4.69) is 10.3 Å². The Morgan fingerprint density at radius 2 is 2.00 bits per heavy atom. The highest BCUT2D eigenvalue weighted by Gasteiger charge is 2.65. The first-order valence-electron chi connectivity index (χ1n) is 8.01. The van der Waals surface area contributed by atoms with Crippen LogP contribution in [0.4, 0.5) is 0 Å². The van der Waals surface area contributed by atoms with Gasteiger partial charge in [0.05, 0.1) is 0 Å². The smallest absolute Gasteiger partial charge is 0.268 e. The SMILES string of the molecule is CN1C(=O)C2(CC2c2ccccc2)NC(=O)/C1=C/c1cccnc1Cl. The maximum atomic E-state index is 12.9. The molecule has 0 radical (unpaired) electrons. The molecular formula is C19H16ClN3O2. The molecular weight excluding hydrogens is 338 g/mol. The largest absolute Gasteiger partial charge is 0.336 e. The van der Waals surface area contributed by atoms with E-state index in [1.54, 1.807) is 31.5 Å². The fraction of sp³-hybridized carbons (Fsp3) is 0.211. The minimum absolute atomic E-state index is 0.0103. The Hall–Kier alpha value is -2.66. The van der Waals surface area contributed by atoms with Crippen LogP contribution in [0.15, 0.2) is 54.4 Å². The van der Waals surface area contributed by atoms with Gasteiger partial charge in [0.15, 0.2) is 0 Å². The zero-order valence-electron chi connectivity index (χ0n) is 13.6. The van der Waals surface area contributed by atoms with Gasteiger partial charge in [-0.2, -0.15) is 0 Å². The van der Waals surface area contributed by atoms with Gasteiger partial charge in [-0.3, -0.25) is 9.59 Å². The lowest BCUT2D eigenvalue weighted by Gasteiger charge is -2.33. The van der Waals surface area contributed by atoms with Crippen molar-refractivity contribution in [3.05, 3.63) is 70.6 Å². The molecule has 2 atom stereocenters. The number of piperazine rings is 1. The van der Waals surface area contributed by atoms with E-state index >= 15 is 0 Å². The number of likely N-dealkylation sites (N-methyl/N-ethyl adjacent to an activating group) is 1. The third-order valence-electron chi connectivity index (χ3n) is 4.86. The number of rotatable bonds is 2. The van der Waals surface area contributed by atoms with Gasteiger partial charge in [-0.15, -0.1) is 0 Å². The molecule has 6 heteroatoms. The number of nitrogens with zero attached hydrogens (tertiary/aromatic N) is 2. The van der Waals surface area contributed by atoms with Crippen molar-refractivity contribution in [3.8, 4) is 0 Å². The van der Waals surface area contributed by atoms with Crippen LogP contribution in [0, 0.1) is 0 Å². The first-order chi connectivity index (χ1) is 12.0. The normalized spacial score (nSPS) is 26.9. The maximum absolute atomic E-state index is 12.9. The van der Waals surface area contributed by atoms with Crippen molar-refractivity contribution in [2.45, 2.75) is 17.9 Å². The fourth-order valence-corrected chi connectivity index (χ4v) is 3.60. The average Bonchev–Trinajstić information content (AvgIpc) is 3.34. The van der Waals surface area contributed by atoms with Crippen LogP contribution in [-0.2, 0) is 9.59 Å². The Morgan fingerprint density at radius 1 is 1.24 bits per heavy atom. The van der Waals surface area contributed by atoms with Crippen LogP contribution in [-0.4, -0.2) is 34.3 Å². The lowest BCUT2D eigenvalue weighted by atomic mass is 10.0. The lowest BCUT2D eigenvalue weighted by molar-refractivity contribution is -0.140. The molecule has 126 valence electrons. The summed E-state index contributed by atoms with van der Waals surface area (Å²) in [6.45, 7) is 0. The quantitative estimate of drug-likeness (QED) is 0.666. The van der Waals surface area contributed by atoms with Gasteiger partial charge in [0.2, 0.25) is 0 Å². The first-order valence-corrected chi connectivity index (χ1v) is 8.38. The molecule has 0 bridgehead atoms. The van der Waals surface area contributed by atoms with Gasteiger partial charge in [0.1, 0.15) is 16.4 Å². The summed E-state index contributed by atoms with van der Waals surface area (Å²) >= 11 is 6.06. The van der Waals surface area contributed by atoms with Gasteiger partial charge in [-0.25, -0.2) is 4.98 Å². The van der Waals surface area contributed by atoms with Crippen LogP contribution in [0.5, 0.6) is 0 Å². The molecule has 1 aliphatic carbocycles. The van der Waals surface area contributed by atoms with Crippen LogP contribution in [0.25, 0.3) is 6.08 Å². The number of amides is 2. The molecule has 1 spiro atoms. The Labute approximate surface area is 150 Å². The number of hydrogen-bond donors (Lipinski definition) is 1. The van der Waals surface area contributed by atoms with Gasteiger partial charge >= 0.3 is 0 Å². The van der Waals surface area contributed by atoms with E-state index < -0.39 is 5.54 Å². The number of benzene rings is 1. The van der Waals surface area contributed by atoms with E-state index in [1.165, 1.54) is 4.90 Å². The Balaban J connectivity index is 1.65. The summed E-state index contributed by atoms with van der Waals surface area (Å²) in [5.41, 5.74) is 1.10. The summed E-state index contributed by atoms with van der Waals surface area (Å²) in [5.74, 6) is -0.371. The molecule has 25 heavy (non-hydrogen) atoms. The van der Waals surface area contributed by atoms with Crippen molar-refractivity contribution in [1.29, 1.82) is 0 Å². The number of carbonyl (C=O) groups is 2. The summed E-state index contributed by atoms with van der Waals surface area (Å²) in [6, 6.07) is 13.3. The highest BCUT2D eigenvalue weighted by molar-refractivity contribution is 6.31. The molecule has 2 aromatic rings. The molecule has 1 aliphatic heterocycles. The monoisotopic (exact) mass is 353 g/mol. The highest BCUT2D eigenvalue weighted by atomic mass is 35.5. The molecule has 1 aromatic heterocycles. The maximum Gasteiger partial charge on any atom is 0.268 e. The van der Waals surface area contributed by atoms with E-state index in [1.807, 2.05) is 30.3 Å². The number of hydrogen-bond acceptors (Lipinski definition) is 3. The minimum atomic E-state index is -0.830. The number of aromatic nitrogens is 1. The molecule has 2 amide bonds. The van der Waals surface area contributed by atoms with Crippen LogP contribution in [0.1, 0.15) is 23.5 Å². The average molecular weight is 354 g/mol. The second kappa shape index (κ2) is 5.70. The van der Waals surface area contributed by atoms with Gasteiger partial charge < -0.3 is 10.2 Å². The summed E-state index contributed by atoms with van der Waals surface area (Å²) in [5, 5.41) is 3.21. The number of nitrogens with one attached hydrogen (secondary N) is 1. The van der Waals surface area contributed by atoms with Crippen molar-refractivity contribution in [2.24, 2.45) is 0 Å². The van der Waals surface area contributed by atoms with E-state index in [0.29, 0.717) is 12.0 Å². The van der Waals surface area contributed by atoms with Gasteiger partial charge in [-0.1, -0.05) is 48.0 Å². The molecule has 5 nitrogen and oxygen atoms in total. The third kappa shape index (κ3) is 2.51. The van der Waals surface area contributed by atoms with Crippen LogP contribution in [0.2, 0.25) is 5.15 Å². The lowest BCUT2D eigenvalue weighted by Crippen LogP contribution is -2.58. The van der Waals surface area contributed by atoms with E-state index in [9.17, 15) is 9.59 Å². The van der Waals surface area contributed by atoms with Crippen molar-refractivity contribution in [1.82, 2.24) is 15.2 Å². The second-order valence-electron chi connectivity index (χ2n) is 6.37. The highest BCUT2D eigenvalue weighted by Crippen LogP contribution is 2.54. The third-order valence-corrected chi connectivity index (χ3v) is 5.18. The number of pyridine rings is 1. The molecule has 2 fully saturated rings. The van der Waals surface area contributed by atoms with E-state index in [-0.39, 0.29) is 28.6 Å². The van der Waals surface area contributed by atoms with Gasteiger partial charge in [0, 0.05) is 24.7 Å². The van der Waals surface area contributed by atoms with Gasteiger partial charge in [0.25, 0.3) is 11.8 Å². The zero-order chi connectivity index (χ0) is 17.6. The van der Waals surface area contributed by atoms with E-state index in [4.69, 9.17) is 11.6 Å². The standard InChI is InChI=1S/C19H16ClN3O2/c1-23-15(10-13-8-5-9-21-16(13)20)17(24)22-19(18(23)25)11-14(19)12-6-3-2-4-7-12/h2-10,14H,11H2,1H3,(H,22,24)/b15-10-. The Kier molecular flexibility index (Phi) is 3.62. The van der Waals surface area contributed by atoms with E-state index in [0.717, 1.165) is 5.56 Å². The molecule has 1 aromatic carbocycles. The van der Waals surface area contributed by atoms with Gasteiger partial charge in [-0.05, 0) is 24.1 Å². The predicted octanol–water partition coefficient (Wildman–Crippen LogP) is 2.59. The molecule has 2 heterocycles. The van der Waals surface area contributed by atoms with Crippen LogP contribution in [0.3, 0.4) is 0 Å². The fourth-order valence-electron chi connectivity index (χ4n) is 3.42. The summed E-state index contributed by atoms with van der Waals surface area (Å²) < 4.78 is 0. The number of halogens is 1. The number of carbonyl (C=O) groups excluding carboxylic acids is 2. The first kappa shape index (κ1) is 15.8. The van der Waals surface area contributed by atoms with Crippen LogP contribution < -0.4 is 5.32 Å². The Morgan fingerprint density at radius 3 is 2.72 bits per heavy atom. The summed E-state index contributed by atoms with van der Waals surface area (Å²) in [7, 11) is 1.62. The van der Waals surface area contributed by atoms with Crippen LogP contribution >= 0.6 is 11.6 Å². The molecule has 2 aliphatic rings. The summed E-state index contributed by atoms with van der Waals surface area (Å²) in [4.78, 5) is 31.0. The zero-order valence-corrected chi connectivity index (χ0v) is 14.3. The second-order valence-corrected chi connectivity index (χ2v) is 6.73. The predicted molar refractivity (Wildman–Crippen MR) is 94.7 cm³/mol. The summed E-state index contributed by atoms with van der Waals surface area (Å²) in [6.07, 6.45) is 3.78. The minimum Gasteiger partial charge on any atom is -0.336 e. The van der Waals surface area contributed by atoms with Crippen molar-refractivity contribution >= 4 is 29.5 Å². The molecule has 2 unspecified atom stereocenters.